The molecule has 4 nitrogen and oxygen atoms in total. The van der Waals surface area contributed by atoms with Gasteiger partial charge >= 0.3 is 5.97 Å². The lowest BCUT2D eigenvalue weighted by atomic mass is 9.99. The molecule has 0 saturated carbocycles. The topological polar surface area (TPSA) is 49.8 Å². The monoisotopic (exact) mass is 249 g/mol. The van der Waals surface area contributed by atoms with E-state index in [1.54, 1.807) is 0 Å². The van der Waals surface area contributed by atoms with Gasteiger partial charge in [0.15, 0.2) is 0 Å². The molecule has 0 spiro atoms. The predicted octanol–water partition coefficient (Wildman–Crippen LogP) is 1.18. The Balaban J connectivity index is 2.08. The van der Waals surface area contributed by atoms with Crippen molar-refractivity contribution < 1.29 is 14.6 Å². The number of esters is 1. The van der Waals surface area contributed by atoms with Crippen molar-refractivity contribution in [1.82, 2.24) is 4.90 Å². The quantitative estimate of drug-likeness (QED) is 0.817. The van der Waals surface area contributed by atoms with Gasteiger partial charge in [0.25, 0.3) is 0 Å². The molecule has 2 unspecified atom stereocenters. The third-order valence-corrected chi connectivity index (χ3v) is 3.36. The molecular weight excluding hydrogens is 230 g/mol. The van der Waals surface area contributed by atoms with Crippen molar-refractivity contribution in [1.29, 1.82) is 0 Å². The van der Waals surface area contributed by atoms with Crippen LogP contribution >= 0.6 is 0 Å². The lowest BCUT2D eigenvalue weighted by Crippen LogP contribution is -2.49. The van der Waals surface area contributed by atoms with Crippen molar-refractivity contribution in [3.8, 4) is 0 Å². The van der Waals surface area contributed by atoms with Gasteiger partial charge in [0.05, 0.1) is 13.2 Å². The van der Waals surface area contributed by atoms with Crippen molar-refractivity contribution in [2.45, 2.75) is 31.5 Å². The molecule has 1 heterocycles. The molecule has 0 amide bonds. The van der Waals surface area contributed by atoms with Crippen LogP contribution in [-0.2, 0) is 16.1 Å². The average molecular weight is 249 g/mol. The number of carbonyl (C=O) groups excluding carboxylic acids is 1. The van der Waals surface area contributed by atoms with E-state index in [0.717, 1.165) is 5.56 Å². The van der Waals surface area contributed by atoms with Crippen LogP contribution in [0, 0.1) is 0 Å². The molecule has 1 N–H and O–H groups in total. The van der Waals surface area contributed by atoms with Crippen LogP contribution in [0.15, 0.2) is 30.3 Å². The van der Waals surface area contributed by atoms with Crippen LogP contribution in [-0.4, -0.2) is 41.8 Å². The van der Waals surface area contributed by atoms with Gasteiger partial charge in [-0.2, -0.15) is 0 Å². The Labute approximate surface area is 107 Å². The van der Waals surface area contributed by atoms with E-state index >= 15 is 0 Å². The van der Waals surface area contributed by atoms with Crippen LogP contribution in [0.2, 0.25) is 0 Å². The first-order valence-electron chi connectivity index (χ1n) is 6.24. The maximum absolute atomic E-state index is 11.7. The Kier molecular flexibility index (Phi) is 4.33. The maximum Gasteiger partial charge on any atom is 0.323 e. The summed E-state index contributed by atoms with van der Waals surface area (Å²) < 4.78 is 4.83. The highest BCUT2D eigenvalue weighted by Crippen LogP contribution is 2.21. The van der Waals surface area contributed by atoms with Gasteiger partial charge in [0.1, 0.15) is 6.04 Å². The first kappa shape index (κ1) is 13.1. The minimum Gasteiger partial charge on any atom is -0.468 e. The van der Waals surface area contributed by atoms with E-state index in [2.05, 4.69) is 0 Å². The van der Waals surface area contributed by atoms with E-state index in [4.69, 9.17) is 4.74 Å². The summed E-state index contributed by atoms with van der Waals surface area (Å²) in [6.07, 6.45) is 0.959. The molecule has 0 bridgehead atoms. The molecule has 1 aromatic rings. The van der Waals surface area contributed by atoms with Crippen molar-refractivity contribution in [2.75, 3.05) is 13.7 Å². The number of rotatable bonds is 3. The Morgan fingerprint density at radius 2 is 2.11 bits per heavy atom. The lowest BCUT2D eigenvalue weighted by Gasteiger charge is -2.36. The smallest absolute Gasteiger partial charge is 0.323 e. The number of piperidine rings is 1. The average Bonchev–Trinajstić information content (AvgIpc) is 2.39. The highest BCUT2D eigenvalue weighted by atomic mass is 16.5. The van der Waals surface area contributed by atoms with E-state index in [-0.39, 0.29) is 18.1 Å². The summed E-state index contributed by atoms with van der Waals surface area (Å²) in [5, 5.41) is 9.74. The SMILES string of the molecule is COC(=O)C1CCC(O)CN1Cc1ccccc1. The minimum atomic E-state index is -0.352. The molecular formula is C14H19NO3. The Morgan fingerprint density at radius 1 is 1.39 bits per heavy atom. The summed E-state index contributed by atoms with van der Waals surface area (Å²) in [6, 6.07) is 9.72. The summed E-state index contributed by atoms with van der Waals surface area (Å²) in [4.78, 5) is 13.7. The number of hydrogen-bond donors (Lipinski definition) is 1. The van der Waals surface area contributed by atoms with Gasteiger partial charge in [-0.3, -0.25) is 9.69 Å². The second-order valence-electron chi connectivity index (χ2n) is 4.69. The number of likely N-dealkylation sites (tertiary alicyclic amines) is 1. The molecule has 1 saturated heterocycles. The van der Waals surface area contributed by atoms with E-state index in [0.29, 0.717) is 25.9 Å². The molecule has 1 fully saturated rings. The van der Waals surface area contributed by atoms with Gasteiger partial charge in [0.2, 0.25) is 0 Å². The molecule has 2 atom stereocenters. The highest BCUT2D eigenvalue weighted by Gasteiger charge is 2.32. The van der Waals surface area contributed by atoms with Crippen molar-refractivity contribution in [2.24, 2.45) is 0 Å². The molecule has 4 heteroatoms. The van der Waals surface area contributed by atoms with Crippen LogP contribution < -0.4 is 0 Å². The Morgan fingerprint density at radius 3 is 2.78 bits per heavy atom. The first-order chi connectivity index (χ1) is 8.70. The summed E-state index contributed by atoms with van der Waals surface area (Å²) >= 11 is 0. The van der Waals surface area contributed by atoms with Crippen LogP contribution in [0.3, 0.4) is 0 Å². The van der Waals surface area contributed by atoms with Gasteiger partial charge in [-0.15, -0.1) is 0 Å². The molecule has 98 valence electrons. The molecule has 2 rings (SSSR count). The number of benzene rings is 1. The fraction of sp³-hybridized carbons (Fsp3) is 0.500. The normalized spacial score (nSPS) is 24.8. The minimum absolute atomic E-state index is 0.210. The lowest BCUT2D eigenvalue weighted by molar-refractivity contribution is -0.150. The number of ether oxygens (including phenoxy) is 1. The predicted molar refractivity (Wildman–Crippen MR) is 67.9 cm³/mol. The summed E-state index contributed by atoms with van der Waals surface area (Å²) in [5.41, 5.74) is 1.14. The number of hydrogen-bond acceptors (Lipinski definition) is 4. The second kappa shape index (κ2) is 5.98. The molecule has 0 aromatic heterocycles. The fourth-order valence-electron chi connectivity index (χ4n) is 2.42. The highest BCUT2D eigenvalue weighted by molar-refractivity contribution is 5.75. The number of aliphatic hydroxyl groups excluding tert-OH is 1. The van der Waals surface area contributed by atoms with Gasteiger partial charge in [-0.1, -0.05) is 30.3 Å². The largest absolute Gasteiger partial charge is 0.468 e. The number of aliphatic hydroxyl groups is 1. The number of carbonyl (C=O) groups is 1. The Hall–Kier alpha value is -1.39. The zero-order valence-corrected chi connectivity index (χ0v) is 10.6. The number of nitrogens with zero attached hydrogens (tertiary/aromatic N) is 1. The van der Waals surface area contributed by atoms with Gasteiger partial charge in [-0.25, -0.2) is 0 Å². The second-order valence-corrected chi connectivity index (χ2v) is 4.69. The number of methoxy groups -OCH3 is 1. The summed E-state index contributed by atoms with van der Waals surface area (Å²) in [6.45, 7) is 1.19. The fourth-order valence-corrected chi connectivity index (χ4v) is 2.42. The van der Waals surface area contributed by atoms with Gasteiger partial charge in [0, 0.05) is 13.1 Å². The molecule has 1 aliphatic heterocycles. The van der Waals surface area contributed by atoms with E-state index in [1.165, 1.54) is 7.11 Å². The third kappa shape index (κ3) is 3.09. The molecule has 1 aromatic carbocycles. The maximum atomic E-state index is 11.7. The summed E-state index contributed by atoms with van der Waals surface area (Å²) in [5.74, 6) is -0.210. The van der Waals surface area contributed by atoms with Crippen LogP contribution in [0.25, 0.3) is 0 Å². The molecule has 0 radical (unpaired) electrons. The van der Waals surface area contributed by atoms with Gasteiger partial charge in [-0.05, 0) is 18.4 Å². The standard InChI is InChI=1S/C14H19NO3/c1-18-14(17)13-8-7-12(16)10-15(13)9-11-5-3-2-4-6-11/h2-6,12-13,16H,7-10H2,1H3. The van der Waals surface area contributed by atoms with Crippen molar-refractivity contribution in [3.05, 3.63) is 35.9 Å². The Bertz CT molecular complexity index is 393. The zero-order valence-electron chi connectivity index (χ0n) is 10.6. The van der Waals surface area contributed by atoms with Crippen LogP contribution in [0.1, 0.15) is 18.4 Å². The third-order valence-electron chi connectivity index (χ3n) is 3.36. The summed E-state index contributed by atoms with van der Waals surface area (Å²) in [7, 11) is 1.41. The zero-order chi connectivity index (χ0) is 13.0. The first-order valence-corrected chi connectivity index (χ1v) is 6.24. The van der Waals surface area contributed by atoms with Crippen LogP contribution in [0.5, 0.6) is 0 Å². The van der Waals surface area contributed by atoms with Gasteiger partial charge < -0.3 is 9.84 Å². The number of β-amino-alcohol motifs (C(OH)–C–C–N with tert-alkyl or cyclic N) is 1. The molecule has 18 heavy (non-hydrogen) atoms. The molecule has 0 aliphatic carbocycles. The van der Waals surface area contributed by atoms with Crippen LogP contribution in [0.4, 0.5) is 0 Å². The van der Waals surface area contributed by atoms with Crippen molar-refractivity contribution in [3.63, 3.8) is 0 Å². The van der Waals surface area contributed by atoms with E-state index in [1.807, 2.05) is 35.2 Å². The van der Waals surface area contributed by atoms with E-state index in [9.17, 15) is 9.90 Å². The molecule has 1 aliphatic rings. The van der Waals surface area contributed by atoms with Crippen molar-refractivity contribution >= 4 is 5.97 Å². The van der Waals surface area contributed by atoms with E-state index < -0.39 is 0 Å².